The fourth-order valence-electron chi connectivity index (χ4n) is 2.90. The van der Waals surface area contributed by atoms with Crippen LogP contribution in [0.1, 0.15) is 18.4 Å². The lowest BCUT2D eigenvalue weighted by Gasteiger charge is -2.45. The van der Waals surface area contributed by atoms with Gasteiger partial charge in [-0.25, -0.2) is 0 Å². The Labute approximate surface area is 122 Å². The molecule has 1 aromatic rings. The van der Waals surface area contributed by atoms with Gasteiger partial charge >= 0.3 is 0 Å². The predicted octanol–water partition coefficient (Wildman–Crippen LogP) is 2.93. The van der Waals surface area contributed by atoms with Gasteiger partial charge in [-0.2, -0.15) is 0 Å². The normalized spacial score (nSPS) is 27.6. The van der Waals surface area contributed by atoms with E-state index in [9.17, 15) is 4.79 Å². The van der Waals surface area contributed by atoms with Crippen molar-refractivity contribution >= 4 is 29.0 Å². The van der Waals surface area contributed by atoms with Gasteiger partial charge in [0.25, 0.3) is 0 Å². The third-order valence-corrected chi connectivity index (χ3v) is 4.44. The van der Waals surface area contributed by atoms with E-state index in [4.69, 9.17) is 27.9 Å². The summed E-state index contributed by atoms with van der Waals surface area (Å²) in [6.45, 7) is 2.02. The van der Waals surface area contributed by atoms with E-state index in [1.165, 1.54) is 0 Å². The number of halogens is 2. The van der Waals surface area contributed by atoms with Crippen LogP contribution in [0.25, 0.3) is 0 Å². The van der Waals surface area contributed by atoms with E-state index in [0.717, 1.165) is 12.1 Å². The van der Waals surface area contributed by atoms with Gasteiger partial charge in [0.1, 0.15) is 5.78 Å². The van der Waals surface area contributed by atoms with Crippen molar-refractivity contribution in [1.82, 2.24) is 4.90 Å². The number of carbonyl (C=O) groups excluding carboxylic acids is 1. The van der Waals surface area contributed by atoms with Crippen molar-refractivity contribution in [2.75, 3.05) is 13.2 Å². The average Bonchev–Trinajstić information content (AvgIpc) is 2.33. The van der Waals surface area contributed by atoms with Crippen molar-refractivity contribution in [1.29, 1.82) is 0 Å². The third kappa shape index (κ3) is 2.79. The fraction of sp³-hybridized carbons (Fsp3) is 0.500. The van der Waals surface area contributed by atoms with Gasteiger partial charge in [0.05, 0.1) is 13.2 Å². The van der Waals surface area contributed by atoms with E-state index < -0.39 is 0 Å². The van der Waals surface area contributed by atoms with Crippen LogP contribution in [0.4, 0.5) is 0 Å². The molecule has 2 bridgehead atoms. The number of benzene rings is 1. The molecule has 0 amide bonds. The molecule has 0 spiro atoms. The van der Waals surface area contributed by atoms with Crippen LogP contribution in [0.15, 0.2) is 18.2 Å². The third-order valence-electron chi connectivity index (χ3n) is 3.85. The first-order valence-electron chi connectivity index (χ1n) is 6.42. The highest BCUT2D eigenvalue weighted by Gasteiger charge is 2.38. The first-order chi connectivity index (χ1) is 9.13. The van der Waals surface area contributed by atoms with Gasteiger partial charge in [-0.1, -0.05) is 29.3 Å². The summed E-state index contributed by atoms with van der Waals surface area (Å²) in [6, 6.07) is 5.94. The number of hydrogen-bond donors (Lipinski definition) is 0. The molecule has 0 aromatic heterocycles. The molecule has 1 aromatic carbocycles. The molecule has 2 aliphatic heterocycles. The highest BCUT2D eigenvalue weighted by Crippen LogP contribution is 2.30. The molecule has 2 fully saturated rings. The quantitative estimate of drug-likeness (QED) is 0.841. The largest absolute Gasteiger partial charge is 0.378 e. The molecular weight excluding hydrogens is 285 g/mol. The summed E-state index contributed by atoms with van der Waals surface area (Å²) >= 11 is 12.1. The molecule has 0 aliphatic carbocycles. The number of hydrogen-bond acceptors (Lipinski definition) is 3. The van der Waals surface area contributed by atoms with Gasteiger partial charge in [0.2, 0.25) is 0 Å². The second-order valence-corrected chi connectivity index (χ2v) is 6.04. The lowest BCUT2D eigenvalue weighted by molar-refractivity contribution is -0.136. The van der Waals surface area contributed by atoms with Crippen LogP contribution in [0.5, 0.6) is 0 Å². The number of Topliss-reactive ketones (excluding diaryl/α,β-unsaturated/α-hetero) is 1. The summed E-state index contributed by atoms with van der Waals surface area (Å²) in [5.41, 5.74) is 1.05. The Kier molecular flexibility index (Phi) is 3.81. The summed E-state index contributed by atoms with van der Waals surface area (Å²) in [5.74, 6) is 0.344. The molecule has 2 heterocycles. The average molecular weight is 300 g/mol. The Hall–Kier alpha value is -0.610. The molecule has 2 unspecified atom stereocenters. The van der Waals surface area contributed by atoms with E-state index in [-0.39, 0.29) is 12.1 Å². The number of morpholine rings is 1. The maximum absolute atomic E-state index is 11.7. The van der Waals surface area contributed by atoms with Gasteiger partial charge in [-0.05, 0) is 17.7 Å². The van der Waals surface area contributed by atoms with Gasteiger partial charge < -0.3 is 4.74 Å². The number of ether oxygens (including phenoxy) is 1. The highest BCUT2D eigenvalue weighted by molar-refractivity contribution is 6.35. The van der Waals surface area contributed by atoms with Crippen molar-refractivity contribution in [2.24, 2.45) is 0 Å². The number of ketones is 1. The Morgan fingerprint density at radius 2 is 1.89 bits per heavy atom. The van der Waals surface area contributed by atoms with Crippen molar-refractivity contribution in [2.45, 2.75) is 31.5 Å². The van der Waals surface area contributed by atoms with Crippen LogP contribution < -0.4 is 0 Å². The Bertz CT molecular complexity index is 490. The zero-order chi connectivity index (χ0) is 13.4. The highest BCUT2D eigenvalue weighted by atomic mass is 35.5. The molecule has 3 rings (SSSR count). The number of fused-ring (bicyclic) bond motifs is 2. The molecule has 0 N–H and O–H groups in total. The smallest absolute Gasteiger partial charge is 0.136 e. The topological polar surface area (TPSA) is 29.5 Å². The molecule has 2 aliphatic rings. The molecule has 102 valence electrons. The van der Waals surface area contributed by atoms with Crippen LogP contribution in [0.2, 0.25) is 10.0 Å². The molecule has 3 nitrogen and oxygen atoms in total. The van der Waals surface area contributed by atoms with Gasteiger partial charge in [0.15, 0.2) is 0 Å². The van der Waals surface area contributed by atoms with Crippen LogP contribution in [-0.4, -0.2) is 36.0 Å². The molecular formula is C14H15Cl2NO2. The van der Waals surface area contributed by atoms with Gasteiger partial charge in [-0.15, -0.1) is 0 Å². The summed E-state index contributed by atoms with van der Waals surface area (Å²) < 4.78 is 5.55. The summed E-state index contributed by atoms with van der Waals surface area (Å²) in [5, 5.41) is 1.33. The number of carbonyl (C=O) groups is 1. The Morgan fingerprint density at radius 1 is 1.21 bits per heavy atom. The summed E-state index contributed by atoms with van der Waals surface area (Å²) in [6.07, 6.45) is 1.17. The van der Waals surface area contributed by atoms with Gasteiger partial charge in [0, 0.05) is 41.5 Å². The zero-order valence-electron chi connectivity index (χ0n) is 10.4. The number of rotatable bonds is 2. The second-order valence-electron chi connectivity index (χ2n) is 5.20. The van der Waals surface area contributed by atoms with E-state index in [1.807, 2.05) is 12.1 Å². The standard InChI is InChI=1S/C14H15Cl2NO2/c15-10-2-1-9(14(16)3-10)6-17-11-4-13(18)5-12(17)8-19-7-11/h1-3,11-12H,4-8H2. The maximum atomic E-state index is 11.7. The van der Waals surface area contributed by atoms with Gasteiger partial charge in [-0.3, -0.25) is 9.69 Å². The lowest BCUT2D eigenvalue weighted by atomic mass is 9.92. The summed E-state index contributed by atoms with van der Waals surface area (Å²) in [7, 11) is 0. The molecule has 19 heavy (non-hydrogen) atoms. The van der Waals surface area contributed by atoms with Crippen LogP contribution in [0, 0.1) is 0 Å². The Balaban J connectivity index is 1.80. The molecule has 2 atom stereocenters. The minimum Gasteiger partial charge on any atom is -0.378 e. The minimum atomic E-state index is 0.187. The van der Waals surface area contributed by atoms with Crippen LogP contribution in [-0.2, 0) is 16.1 Å². The Morgan fingerprint density at radius 3 is 2.53 bits per heavy atom. The first-order valence-corrected chi connectivity index (χ1v) is 7.18. The van der Waals surface area contributed by atoms with Crippen LogP contribution >= 0.6 is 23.2 Å². The SMILES string of the molecule is O=C1CC2COCC(C1)N2Cc1ccc(Cl)cc1Cl. The van der Waals surface area contributed by atoms with E-state index in [1.54, 1.807) is 6.07 Å². The number of piperidine rings is 1. The molecule has 0 saturated carbocycles. The molecule has 2 saturated heterocycles. The minimum absolute atomic E-state index is 0.187. The summed E-state index contributed by atoms with van der Waals surface area (Å²) in [4.78, 5) is 14.0. The first kappa shape index (κ1) is 13.4. The lowest BCUT2D eigenvalue weighted by Crippen LogP contribution is -2.56. The monoisotopic (exact) mass is 299 g/mol. The van der Waals surface area contributed by atoms with Crippen molar-refractivity contribution in [3.8, 4) is 0 Å². The van der Waals surface area contributed by atoms with Crippen LogP contribution in [0.3, 0.4) is 0 Å². The zero-order valence-corrected chi connectivity index (χ0v) is 12.0. The molecule has 5 heteroatoms. The fourth-order valence-corrected chi connectivity index (χ4v) is 3.36. The number of nitrogens with zero attached hydrogens (tertiary/aromatic N) is 1. The van der Waals surface area contributed by atoms with Crippen molar-refractivity contribution in [3.63, 3.8) is 0 Å². The predicted molar refractivity (Wildman–Crippen MR) is 74.6 cm³/mol. The maximum Gasteiger partial charge on any atom is 0.136 e. The van der Waals surface area contributed by atoms with E-state index in [2.05, 4.69) is 4.90 Å². The van der Waals surface area contributed by atoms with E-state index in [0.29, 0.717) is 41.9 Å². The molecule has 0 radical (unpaired) electrons. The van der Waals surface area contributed by atoms with E-state index >= 15 is 0 Å². The van der Waals surface area contributed by atoms with Crippen molar-refractivity contribution in [3.05, 3.63) is 33.8 Å². The second kappa shape index (κ2) is 5.41. The van der Waals surface area contributed by atoms with Crippen molar-refractivity contribution < 1.29 is 9.53 Å².